The number of aliphatic hydroxyl groups is 1. The predicted molar refractivity (Wildman–Crippen MR) is 64.8 cm³/mol. The molecular weight excluding hydrogens is 202 g/mol. The van der Waals surface area contributed by atoms with Gasteiger partial charge in [0.15, 0.2) is 0 Å². The van der Waals surface area contributed by atoms with Crippen LogP contribution in [0.1, 0.15) is 20.3 Å². The molecule has 2 atom stereocenters. The molecule has 0 aromatic carbocycles. The van der Waals surface area contributed by atoms with Gasteiger partial charge < -0.3 is 15.6 Å². The molecule has 0 heterocycles. The van der Waals surface area contributed by atoms with E-state index in [0.717, 1.165) is 5.57 Å². The van der Waals surface area contributed by atoms with Crippen LogP contribution in [0.25, 0.3) is 0 Å². The standard InChI is InChI=1S/C13H19NO2/c1-13(2)6-3-4-10(5-7-13)8-11(14)12(16)9-15/h3-7,9,11-12,16H,8,14H2,1-2H3. The molecule has 1 aliphatic carbocycles. The van der Waals surface area contributed by atoms with Gasteiger partial charge in [-0.25, -0.2) is 0 Å². The minimum atomic E-state index is -1.09. The Hall–Kier alpha value is -1.19. The zero-order chi connectivity index (χ0) is 12.2. The Labute approximate surface area is 96.3 Å². The molecule has 0 bridgehead atoms. The highest BCUT2D eigenvalue weighted by atomic mass is 16.3. The average Bonchev–Trinajstić information content (AvgIpc) is 2.39. The third kappa shape index (κ3) is 3.76. The smallest absolute Gasteiger partial charge is 0.150 e. The number of hydrogen-bond donors (Lipinski definition) is 2. The first-order chi connectivity index (χ1) is 7.44. The number of carbonyl (C=O) groups is 1. The molecule has 0 aromatic heterocycles. The molecule has 0 saturated carbocycles. The average molecular weight is 221 g/mol. The molecule has 0 spiro atoms. The van der Waals surface area contributed by atoms with Crippen LogP contribution in [0, 0.1) is 5.41 Å². The maximum Gasteiger partial charge on any atom is 0.150 e. The van der Waals surface area contributed by atoms with Crippen LogP contribution in [0.5, 0.6) is 0 Å². The lowest BCUT2D eigenvalue weighted by atomic mass is 9.93. The Morgan fingerprint density at radius 3 is 2.81 bits per heavy atom. The third-order valence-corrected chi connectivity index (χ3v) is 2.61. The molecule has 0 fully saturated rings. The monoisotopic (exact) mass is 221 g/mol. The molecule has 88 valence electrons. The largest absolute Gasteiger partial charge is 0.384 e. The molecule has 2 unspecified atom stereocenters. The van der Waals surface area contributed by atoms with Crippen LogP contribution in [0.2, 0.25) is 0 Å². The highest BCUT2D eigenvalue weighted by Gasteiger charge is 2.16. The van der Waals surface area contributed by atoms with Gasteiger partial charge in [0.25, 0.3) is 0 Å². The fraction of sp³-hybridized carbons (Fsp3) is 0.462. The van der Waals surface area contributed by atoms with E-state index in [0.29, 0.717) is 12.7 Å². The van der Waals surface area contributed by atoms with Crippen LogP contribution in [-0.2, 0) is 4.79 Å². The van der Waals surface area contributed by atoms with Gasteiger partial charge in [-0.15, -0.1) is 0 Å². The van der Waals surface area contributed by atoms with Gasteiger partial charge in [0.05, 0.1) is 0 Å². The third-order valence-electron chi connectivity index (χ3n) is 2.61. The Balaban J connectivity index is 2.67. The van der Waals surface area contributed by atoms with Gasteiger partial charge in [-0.05, 0) is 12.0 Å². The fourth-order valence-electron chi connectivity index (χ4n) is 1.48. The lowest BCUT2D eigenvalue weighted by molar-refractivity contribution is -0.115. The van der Waals surface area contributed by atoms with Crippen molar-refractivity contribution in [3.63, 3.8) is 0 Å². The van der Waals surface area contributed by atoms with Gasteiger partial charge in [-0.2, -0.15) is 0 Å². The Bertz CT molecular complexity index is 340. The maximum absolute atomic E-state index is 10.4. The second kappa shape index (κ2) is 5.23. The molecule has 0 radical (unpaired) electrons. The van der Waals surface area contributed by atoms with E-state index in [1.54, 1.807) is 0 Å². The lowest BCUT2D eigenvalue weighted by Crippen LogP contribution is -2.35. The van der Waals surface area contributed by atoms with Gasteiger partial charge in [0.2, 0.25) is 0 Å². The van der Waals surface area contributed by atoms with E-state index >= 15 is 0 Å². The van der Waals surface area contributed by atoms with Crippen molar-refractivity contribution in [2.45, 2.75) is 32.4 Å². The molecule has 3 nitrogen and oxygen atoms in total. The predicted octanol–water partition coefficient (Wildman–Crippen LogP) is 1.34. The van der Waals surface area contributed by atoms with Crippen molar-refractivity contribution in [1.29, 1.82) is 0 Å². The summed E-state index contributed by atoms with van der Waals surface area (Å²) in [6.45, 7) is 4.22. The number of allylic oxidation sites excluding steroid dienone is 5. The fourth-order valence-corrected chi connectivity index (χ4v) is 1.48. The second-order valence-corrected chi connectivity index (χ2v) is 4.75. The molecule has 3 N–H and O–H groups in total. The minimum Gasteiger partial charge on any atom is -0.384 e. The van der Waals surface area contributed by atoms with Crippen LogP contribution >= 0.6 is 0 Å². The van der Waals surface area contributed by atoms with Crippen molar-refractivity contribution < 1.29 is 9.90 Å². The summed E-state index contributed by atoms with van der Waals surface area (Å²) < 4.78 is 0. The van der Waals surface area contributed by atoms with Crippen LogP contribution in [0.15, 0.2) is 36.0 Å². The number of aldehydes is 1. The van der Waals surface area contributed by atoms with Crippen LogP contribution < -0.4 is 5.73 Å². The quantitative estimate of drug-likeness (QED) is 0.704. The number of aliphatic hydroxyl groups excluding tert-OH is 1. The van der Waals surface area contributed by atoms with E-state index in [-0.39, 0.29) is 5.41 Å². The Morgan fingerprint density at radius 1 is 1.50 bits per heavy atom. The van der Waals surface area contributed by atoms with Crippen molar-refractivity contribution in [3.8, 4) is 0 Å². The number of nitrogens with two attached hydrogens (primary N) is 1. The van der Waals surface area contributed by atoms with Crippen molar-refractivity contribution in [3.05, 3.63) is 36.0 Å². The molecule has 0 aliphatic heterocycles. The SMILES string of the molecule is CC1(C)C=CC=C(CC(N)C(O)C=O)C=C1. The molecule has 1 rings (SSSR count). The zero-order valence-electron chi connectivity index (χ0n) is 9.76. The number of rotatable bonds is 4. The molecule has 0 aromatic rings. The Kier molecular flexibility index (Phi) is 4.21. The van der Waals surface area contributed by atoms with Gasteiger partial charge in [-0.1, -0.05) is 44.2 Å². The maximum atomic E-state index is 10.4. The normalized spacial score (nSPS) is 22.1. The van der Waals surface area contributed by atoms with Crippen molar-refractivity contribution in [2.75, 3.05) is 0 Å². The van der Waals surface area contributed by atoms with E-state index in [1.807, 2.05) is 18.2 Å². The topological polar surface area (TPSA) is 63.3 Å². The summed E-state index contributed by atoms with van der Waals surface area (Å²) in [5, 5.41) is 9.27. The van der Waals surface area contributed by atoms with Gasteiger partial charge in [0.1, 0.15) is 12.4 Å². The van der Waals surface area contributed by atoms with E-state index in [9.17, 15) is 9.90 Å². The van der Waals surface area contributed by atoms with Crippen molar-refractivity contribution >= 4 is 6.29 Å². The summed E-state index contributed by atoms with van der Waals surface area (Å²) in [4.78, 5) is 10.4. The van der Waals surface area contributed by atoms with E-state index in [1.165, 1.54) is 0 Å². The summed E-state index contributed by atoms with van der Waals surface area (Å²) >= 11 is 0. The van der Waals surface area contributed by atoms with Gasteiger partial charge in [0, 0.05) is 11.5 Å². The Morgan fingerprint density at radius 2 is 2.19 bits per heavy atom. The highest BCUT2D eigenvalue weighted by Crippen LogP contribution is 2.23. The highest BCUT2D eigenvalue weighted by molar-refractivity contribution is 5.57. The second-order valence-electron chi connectivity index (χ2n) is 4.75. The summed E-state index contributed by atoms with van der Waals surface area (Å²) in [7, 11) is 0. The number of hydrogen-bond acceptors (Lipinski definition) is 3. The summed E-state index contributed by atoms with van der Waals surface area (Å²) in [5.41, 5.74) is 6.75. The van der Waals surface area contributed by atoms with Crippen molar-refractivity contribution in [1.82, 2.24) is 0 Å². The first-order valence-electron chi connectivity index (χ1n) is 5.41. The van der Waals surface area contributed by atoms with Crippen molar-refractivity contribution in [2.24, 2.45) is 11.1 Å². The lowest BCUT2D eigenvalue weighted by Gasteiger charge is -2.15. The summed E-state index contributed by atoms with van der Waals surface area (Å²) in [6, 6.07) is -0.539. The van der Waals surface area contributed by atoms with Gasteiger partial charge >= 0.3 is 0 Å². The summed E-state index contributed by atoms with van der Waals surface area (Å²) in [5.74, 6) is 0. The zero-order valence-corrected chi connectivity index (χ0v) is 9.76. The minimum absolute atomic E-state index is 0.0334. The first-order valence-corrected chi connectivity index (χ1v) is 5.41. The van der Waals surface area contributed by atoms with Crippen LogP contribution in [0.3, 0.4) is 0 Å². The molecule has 0 amide bonds. The molecular formula is C13H19NO2. The van der Waals surface area contributed by atoms with E-state index < -0.39 is 12.1 Å². The summed E-state index contributed by atoms with van der Waals surface area (Å²) in [6.07, 6.45) is 10.0. The molecule has 16 heavy (non-hydrogen) atoms. The molecule has 1 aliphatic rings. The first kappa shape index (κ1) is 12.9. The molecule has 0 saturated heterocycles. The van der Waals surface area contributed by atoms with Crippen LogP contribution in [0.4, 0.5) is 0 Å². The van der Waals surface area contributed by atoms with E-state index in [4.69, 9.17) is 5.73 Å². The number of carbonyl (C=O) groups excluding carboxylic acids is 1. The van der Waals surface area contributed by atoms with Crippen LogP contribution in [-0.4, -0.2) is 23.5 Å². The van der Waals surface area contributed by atoms with Gasteiger partial charge in [-0.3, -0.25) is 0 Å². The molecule has 3 heteroatoms. The van der Waals surface area contributed by atoms with E-state index in [2.05, 4.69) is 26.0 Å².